The average Bonchev–Trinajstić information content (AvgIpc) is 3.40. The highest BCUT2D eigenvalue weighted by Gasteiger charge is 2.39. The molecule has 0 saturated carbocycles. The second-order valence-electron chi connectivity index (χ2n) is 8.93. The predicted molar refractivity (Wildman–Crippen MR) is 131 cm³/mol. The Labute approximate surface area is 192 Å². The van der Waals surface area contributed by atoms with Crippen LogP contribution in [0.1, 0.15) is 42.8 Å². The minimum atomic E-state index is -3.68. The Kier molecular flexibility index (Phi) is 4.80. The number of nitrogens with zero attached hydrogens (tertiary/aromatic N) is 3. The summed E-state index contributed by atoms with van der Waals surface area (Å²) in [5, 5.41) is 10.0. The lowest BCUT2D eigenvalue weighted by Gasteiger charge is -2.28. The molecular formula is C26H24N4O2S. The van der Waals surface area contributed by atoms with Crippen molar-refractivity contribution >= 4 is 32.0 Å². The lowest BCUT2D eigenvalue weighted by molar-refractivity contribution is 0.554. The van der Waals surface area contributed by atoms with E-state index in [9.17, 15) is 8.42 Å². The monoisotopic (exact) mass is 456 g/mol. The number of benzene rings is 2. The van der Waals surface area contributed by atoms with Crippen molar-refractivity contribution in [2.75, 3.05) is 0 Å². The first kappa shape index (κ1) is 21.2. The zero-order chi connectivity index (χ0) is 23.4. The van der Waals surface area contributed by atoms with E-state index in [-0.39, 0.29) is 0 Å². The molecule has 166 valence electrons. The van der Waals surface area contributed by atoms with Crippen molar-refractivity contribution in [3.63, 3.8) is 0 Å². The van der Waals surface area contributed by atoms with Gasteiger partial charge in [-0.15, -0.1) is 0 Å². The number of aromatic nitrogens is 3. The zero-order valence-corrected chi connectivity index (χ0v) is 19.6. The van der Waals surface area contributed by atoms with Gasteiger partial charge in [0.15, 0.2) is 0 Å². The summed E-state index contributed by atoms with van der Waals surface area (Å²) in [7, 11) is -3.68. The van der Waals surface area contributed by atoms with E-state index in [4.69, 9.17) is 5.26 Å². The quantitative estimate of drug-likeness (QED) is 0.461. The van der Waals surface area contributed by atoms with Gasteiger partial charge in [-0.2, -0.15) is 5.26 Å². The Bertz CT molecular complexity index is 1630. The molecule has 0 bridgehead atoms. The lowest BCUT2D eigenvalue weighted by atomic mass is 9.98. The fourth-order valence-electron chi connectivity index (χ4n) is 4.68. The molecule has 0 fully saturated rings. The van der Waals surface area contributed by atoms with Crippen LogP contribution in [0, 0.1) is 18.3 Å². The van der Waals surface area contributed by atoms with Gasteiger partial charge in [-0.1, -0.05) is 35.9 Å². The van der Waals surface area contributed by atoms with Crippen LogP contribution >= 0.6 is 0 Å². The SMILES string of the molecule is CC1=CC(C)(S(=O)(=O)n2ccc3c(Cc4nc5ccc(C#N)cc5[nH]4)ccc(C)c32)CC=C1. The van der Waals surface area contributed by atoms with Crippen molar-refractivity contribution in [3.05, 3.63) is 88.9 Å². The van der Waals surface area contributed by atoms with Gasteiger partial charge >= 0.3 is 0 Å². The van der Waals surface area contributed by atoms with E-state index in [0.717, 1.165) is 38.9 Å². The molecular weight excluding hydrogens is 432 g/mol. The summed E-state index contributed by atoms with van der Waals surface area (Å²) in [5.74, 6) is 0.767. The number of H-pyrrole nitrogens is 1. The summed E-state index contributed by atoms with van der Waals surface area (Å²) >= 11 is 0. The number of hydrogen-bond acceptors (Lipinski definition) is 4. The highest BCUT2D eigenvalue weighted by Crippen LogP contribution is 2.35. The summed E-state index contributed by atoms with van der Waals surface area (Å²) in [5.41, 5.74) is 5.74. The van der Waals surface area contributed by atoms with Crippen LogP contribution in [-0.4, -0.2) is 27.1 Å². The maximum atomic E-state index is 13.8. The molecule has 0 amide bonds. The number of rotatable bonds is 4. The normalized spacial score (nSPS) is 18.5. The number of nitrogens with one attached hydrogen (secondary N) is 1. The van der Waals surface area contributed by atoms with Gasteiger partial charge in [-0.25, -0.2) is 17.4 Å². The Balaban J connectivity index is 1.59. The van der Waals surface area contributed by atoms with Crippen LogP contribution in [0.2, 0.25) is 0 Å². The molecule has 1 N–H and O–H groups in total. The van der Waals surface area contributed by atoms with Crippen molar-refractivity contribution in [2.24, 2.45) is 0 Å². The number of hydrogen-bond donors (Lipinski definition) is 1. The molecule has 0 aliphatic heterocycles. The van der Waals surface area contributed by atoms with Crippen LogP contribution < -0.4 is 0 Å². The smallest absolute Gasteiger partial charge is 0.248 e. The Morgan fingerprint density at radius 3 is 2.79 bits per heavy atom. The van der Waals surface area contributed by atoms with Crippen molar-refractivity contribution in [1.82, 2.24) is 13.9 Å². The number of aryl methyl sites for hydroxylation is 1. The molecule has 5 rings (SSSR count). The van der Waals surface area contributed by atoms with E-state index in [1.807, 2.05) is 56.3 Å². The fraction of sp³-hybridized carbons (Fsp3) is 0.231. The van der Waals surface area contributed by atoms with Crippen molar-refractivity contribution in [3.8, 4) is 6.07 Å². The largest absolute Gasteiger partial charge is 0.342 e. The standard InChI is InChI=1S/C26H24N4O2S/c1-17-5-4-11-26(3,15-17)33(31,32)30-12-10-21-20(8-6-18(2)25(21)30)14-24-28-22-9-7-19(16-27)13-23(22)29-24/h4-10,12-13,15H,11,14H2,1-3H3,(H,28,29). The van der Waals surface area contributed by atoms with Crippen molar-refractivity contribution < 1.29 is 8.42 Å². The molecule has 1 atom stereocenters. The third kappa shape index (κ3) is 3.38. The molecule has 0 saturated heterocycles. The van der Waals surface area contributed by atoms with E-state index >= 15 is 0 Å². The van der Waals surface area contributed by atoms with E-state index in [0.29, 0.717) is 23.9 Å². The summed E-state index contributed by atoms with van der Waals surface area (Å²) in [6.07, 6.45) is 8.36. The highest BCUT2D eigenvalue weighted by atomic mass is 32.2. The number of fused-ring (bicyclic) bond motifs is 2. The van der Waals surface area contributed by atoms with Gasteiger partial charge in [0.1, 0.15) is 10.6 Å². The first-order chi connectivity index (χ1) is 15.7. The number of aromatic amines is 1. The zero-order valence-electron chi connectivity index (χ0n) is 18.8. The van der Waals surface area contributed by atoms with Gasteiger partial charge in [-0.05, 0) is 62.6 Å². The molecule has 7 heteroatoms. The van der Waals surface area contributed by atoms with E-state index in [1.165, 1.54) is 3.97 Å². The molecule has 4 aromatic rings. The van der Waals surface area contributed by atoms with Gasteiger partial charge in [0.25, 0.3) is 0 Å². The molecule has 2 aromatic heterocycles. The van der Waals surface area contributed by atoms with Crippen LogP contribution in [0.25, 0.3) is 21.9 Å². The summed E-state index contributed by atoms with van der Waals surface area (Å²) in [4.78, 5) is 7.95. The van der Waals surface area contributed by atoms with Gasteiger partial charge in [0.05, 0.1) is 28.2 Å². The Hall–Kier alpha value is -3.63. The van der Waals surface area contributed by atoms with Gasteiger partial charge in [0.2, 0.25) is 10.0 Å². The van der Waals surface area contributed by atoms with E-state index in [2.05, 4.69) is 16.0 Å². The van der Waals surface area contributed by atoms with Crippen LogP contribution in [0.5, 0.6) is 0 Å². The third-order valence-corrected chi connectivity index (χ3v) is 8.69. The average molecular weight is 457 g/mol. The molecule has 1 unspecified atom stereocenters. The predicted octanol–water partition coefficient (Wildman–Crippen LogP) is 5.13. The lowest BCUT2D eigenvalue weighted by Crippen LogP contribution is -2.38. The highest BCUT2D eigenvalue weighted by molar-refractivity contribution is 7.91. The minimum Gasteiger partial charge on any atom is -0.342 e. The molecule has 1 aliphatic carbocycles. The summed E-state index contributed by atoms with van der Waals surface area (Å²) in [6, 6.07) is 13.4. The van der Waals surface area contributed by atoms with Crippen LogP contribution in [0.15, 0.2) is 66.4 Å². The van der Waals surface area contributed by atoms with Crippen molar-refractivity contribution in [1.29, 1.82) is 5.26 Å². The first-order valence-corrected chi connectivity index (χ1v) is 12.3. The van der Waals surface area contributed by atoms with Crippen LogP contribution in [0.3, 0.4) is 0 Å². The summed E-state index contributed by atoms with van der Waals surface area (Å²) in [6.45, 7) is 5.64. The van der Waals surface area contributed by atoms with Crippen molar-refractivity contribution in [2.45, 2.75) is 38.4 Å². The topological polar surface area (TPSA) is 91.5 Å². The number of imidazole rings is 1. The molecule has 33 heavy (non-hydrogen) atoms. The fourth-order valence-corrected chi connectivity index (χ4v) is 6.47. The number of allylic oxidation sites excluding steroid dienone is 3. The second-order valence-corrected chi connectivity index (χ2v) is 11.2. The minimum absolute atomic E-state index is 0.439. The van der Waals surface area contributed by atoms with Gasteiger partial charge < -0.3 is 4.98 Å². The molecule has 0 radical (unpaired) electrons. The molecule has 2 heterocycles. The maximum Gasteiger partial charge on any atom is 0.248 e. The Morgan fingerprint density at radius 1 is 1.21 bits per heavy atom. The maximum absolute atomic E-state index is 13.8. The summed E-state index contributed by atoms with van der Waals surface area (Å²) < 4.78 is 28.0. The number of nitriles is 1. The van der Waals surface area contributed by atoms with Gasteiger partial charge in [-0.3, -0.25) is 0 Å². The molecule has 0 spiro atoms. The third-order valence-electron chi connectivity index (χ3n) is 6.41. The molecule has 6 nitrogen and oxygen atoms in total. The first-order valence-electron chi connectivity index (χ1n) is 10.8. The second kappa shape index (κ2) is 7.46. The molecule has 2 aromatic carbocycles. The van der Waals surface area contributed by atoms with Gasteiger partial charge in [0, 0.05) is 18.0 Å². The van der Waals surface area contributed by atoms with Crippen LogP contribution in [0.4, 0.5) is 0 Å². The molecule has 1 aliphatic rings. The van der Waals surface area contributed by atoms with E-state index in [1.54, 1.807) is 25.3 Å². The Morgan fingerprint density at radius 2 is 2.03 bits per heavy atom. The van der Waals surface area contributed by atoms with E-state index < -0.39 is 14.8 Å². The van der Waals surface area contributed by atoms with Crippen LogP contribution in [-0.2, 0) is 16.4 Å².